The standard InChI is InChI=1S/C4H10N2O2.2ClH/c1-4(6,2-5)3(7)8;;/h2,5-6H2,1H3,(H,7,8);2*1H/t4-;;/m0../s1. The third-order valence-corrected chi connectivity index (χ3v) is 0.913. The number of hydrogen-bond acceptors (Lipinski definition) is 3. The molecule has 0 rings (SSSR count). The fourth-order valence-electron chi connectivity index (χ4n) is 0.0873. The van der Waals surface area contributed by atoms with E-state index < -0.39 is 11.5 Å². The molecule has 1 atom stereocenters. The van der Waals surface area contributed by atoms with E-state index in [2.05, 4.69) is 0 Å². The van der Waals surface area contributed by atoms with Crippen molar-refractivity contribution in [1.29, 1.82) is 0 Å². The minimum absolute atomic E-state index is 0. The Bertz CT molecular complexity index is 107. The van der Waals surface area contributed by atoms with Gasteiger partial charge in [-0.05, 0) is 6.92 Å². The highest BCUT2D eigenvalue weighted by Crippen LogP contribution is 1.92. The highest BCUT2D eigenvalue weighted by molar-refractivity contribution is 5.85. The Balaban J connectivity index is -0.000000245. The molecule has 0 saturated heterocycles. The van der Waals surface area contributed by atoms with Crippen LogP contribution in [-0.4, -0.2) is 23.2 Å². The highest BCUT2D eigenvalue weighted by atomic mass is 35.5. The molecular weight excluding hydrogens is 179 g/mol. The summed E-state index contributed by atoms with van der Waals surface area (Å²) in [5, 5.41) is 8.24. The molecule has 0 unspecified atom stereocenters. The Kier molecular flexibility index (Phi) is 9.47. The van der Waals surface area contributed by atoms with Crippen LogP contribution in [0.5, 0.6) is 0 Å². The number of nitrogens with two attached hydrogens (primary N) is 2. The van der Waals surface area contributed by atoms with Gasteiger partial charge < -0.3 is 16.6 Å². The van der Waals surface area contributed by atoms with E-state index in [1.54, 1.807) is 0 Å². The molecule has 0 aromatic carbocycles. The highest BCUT2D eigenvalue weighted by Gasteiger charge is 2.24. The Labute approximate surface area is 71.8 Å². The van der Waals surface area contributed by atoms with Gasteiger partial charge in [0.15, 0.2) is 0 Å². The van der Waals surface area contributed by atoms with Gasteiger partial charge in [0.05, 0.1) is 0 Å². The molecule has 4 nitrogen and oxygen atoms in total. The first-order valence-electron chi connectivity index (χ1n) is 2.23. The predicted molar refractivity (Wildman–Crippen MR) is 43.8 cm³/mol. The van der Waals surface area contributed by atoms with Gasteiger partial charge in [-0.1, -0.05) is 0 Å². The summed E-state index contributed by atoms with van der Waals surface area (Å²) in [6.45, 7) is 1.33. The lowest BCUT2D eigenvalue weighted by atomic mass is 10.1. The van der Waals surface area contributed by atoms with Crippen LogP contribution in [0.2, 0.25) is 0 Å². The van der Waals surface area contributed by atoms with Crippen LogP contribution >= 0.6 is 24.8 Å². The van der Waals surface area contributed by atoms with Crippen molar-refractivity contribution in [2.45, 2.75) is 12.5 Å². The van der Waals surface area contributed by atoms with Crippen molar-refractivity contribution >= 4 is 30.8 Å². The van der Waals surface area contributed by atoms with E-state index in [1.807, 2.05) is 0 Å². The number of carboxylic acids is 1. The van der Waals surface area contributed by atoms with Crippen LogP contribution < -0.4 is 11.5 Å². The zero-order valence-corrected chi connectivity index (χ0v) is 7.17. The van der Waals surface area contributed by atoms with Crippen LogP contribution in [0.1, 0.15) is 6.92 Å². The van der Waals surface area contributed by atoms with Gasteiger partial charge >= 0.3 is 5.97 Å². The van der Waals surface area contributed by atoms with Crippen LogP contribution in [0.4, 0.5) is 0 Å². The number of halogens is 2. The monoisotopic (exact) mass is 190 g/mol. The van der Waals surface area contributed by atoms with Gasteiger partial charge in [-0.25, -0.2) is 0 Å². The van der Waals surface area contributed by atoms with Gasteiger partial charge in [0, 0.05) is 6.54 Å². The molecular formula is C4H12Cl2N2O2. The largest absolute Gasteiger partial charge is 0.480 e. The number of hydrogen-bond donors (Lipinski definition) is 3. The molecule has 0 aliphatic heterocycles. The van der Waals surface area contributed by atoms with Crippen molar-refractivity contribution < 1.29 is 9.90 Å². The van der Waals surface area contributed by atoms with Crippen molar-refractivity contribution in [2.24, 2.45) is 11.5 Å². The van der Waals surface area contributed by atoms with Gasteiger partial charge in [0.1, 0.15) is 5.54 Å². The van der Waals surface area contributed by atoms with Gasteiger partial charge in [0.2, 0.25) is 0 Å². The van der Waals surface area contributed by atoms with E-state index in [0.717, 1.165) is 0 Å². The number of rotatable bonds is 2. The topological polar surface area (TPSA) is 89.3 Å². The van der Waals surface area contributed by atoms with Crippen LogP contribution in [0.3, 0.4) is 0 Å². The third kappa shape index (κ3) is 4.81. The van der Waals surface area contributed by atoms with Crippen LogP contribution in [0, 0.1) is 0 Å². The van der Waals surface area contributed by atoms with Gasteiger partial charge in [-0.3, -0.25) is 4.79 Å². The summed E-state index contributed by atoms with van der Waals surface area (Å²) in [5.74, 6) is -1.07. The minimum atomic E-state index is -1.26. The molecule has 64 valence electrons. The molecule has 0 heterocycles. The fraction of sp³-hybridized carbons (Fsp3) is 0.750. The summed E-state index contributed by atoms with van der Waals surface area (Å²) in [5.41, 5.74) is 8.87. The molecule has 0 aliphatic carbocycles. The lowest BCUT2D eigenvalue weighted by molar-refractivity contribution is -0.142. The summed E-state index contributed by atoms with van der Waals surface area (Å²) in [6, 6.07) is 0. The van der Waals surface area contributed by atoms with Crippen LogP contribution in [0.15, 0.2) is 0 Å². The second kappa shape index (κ2) is 5.73. The van der Waals surface area contributed by atoms with Crippen LogP contribution in [-0.2, 0) is 4.79 Å². The van der Waals surface area contributed by atoms with Crippen molar-refractivity contribution in [1.82, 2.24) is 0 Å². The van der Waals surface area contributed by atoms with E-state index in [-0.39, 0.29) is 31.4 Å². The molecule has 5 N–H and O–H groups in total. The molecule has 0 fully saturated rings. The molecule has 0 spiro atoms. The van der Waals surface area contributed by atoms with Gasteiger partial charge in [-0.2, -0.15) is 0 Å². The molecule has 6 heteroatoms. The van der Waals surface area contributed by atoms with Gasteiger partial charge in [-0.15, -0.1) is 24.8 Å². The van der Waals surface area contributed by atoms with E-state index in [4.69, 9.17) is 16.6 Å². The Hall–Kier alpha value is -0.0300. The summed E-state index contributed by atoms with van der Waals surface area (Å²) in [4.78, 5) is 10.0. The number of aliphatic carboxylic acids is 1. The maximum atomic E-state index is 10.0. The van der Waals surface area contributed by atoms with E-state index in [1.165, 1.54) is 6.92 Å². The summed E-state index contributed by atoms with van der Waals surface area (Å²) in [6.07, 6.45) is 0. The summed E-state index contributed by atoms with van der Waals surface area (Å²) >= 11 is 0. The maximum absolute atomic E-state index is 10.0. The van der Waals surface area contributed by atoms with Crippen molar-refractivity contribution in [3.63, 3.8) is 0 Å². The quantitative estimate of drug-likeness (QED) is 0.553. The number of carbonyl (C=O) groups is 1. The van der Waals surface area contributed by atoms with E-state index >= 15 is 0 Å². The fourth-order valence-corrected chi connectivity index (χ4v) is 0.0873. The molecule has 0 bridgehead atoms. The minimum Gasteiger partial charge on any atom is -0.480 e. The molecule has 0 aromatic heterocycles. The lowest BCUT2D eigenvalue weighted by Crippen LogP contribution is -2.51. The zero-order chi connectivity index (χ0) is 6.78. The Morgan fingerprint density at radius 3 is 1.90 bits per heavy atom. The second-order valence-corrected chi connectivity index (χ2v) is 1.93. The molecule has 0 aromatic rings. The zero-order valence-electron chi connectivity index (χ0n) is 5.53. The molecule has 0 amide bonds. The first-order valence-corrected chi connectivity index (χ1v) is 2.23. The van der Waals surface area contributed by atoms with E-state index in [0.29, 0.717) is 0 Å². The van der Waals surface area contributed by atoms with Crippen molar-refractivity contribution in [3.8, 4) is 0 Å². The molecule has 0 aliphatic rings. The third-order valence-electron chi connectivity index (χ3n) is 0.913. The normalized spacial score (nSPS) is 13.9. The smallest absolute Gasteiger partial charge is 0.324 e. The number of carboxylic acid groups (broad SMARTS) is 1. The molecule has 0 saturated carbocycles. The molecule has 10 heavy (non-hydrogen) atoms. The maximum Gasteiger partial charge on any atom is 0.324 e. The van der Waals surface area contributed by atoms with Crippen LogP contribution in [0.25, 0.3) is 0 Å². The second-order valence-electron chi connectivity index (χ2n) is 1.93. The summed E-state index contributed by atoms with van der Waals surface area (Å²) in [7, 11) is 0. The molecule has 0 radical (unpaired) electrons. The lowest BCUT2D eigenvalue weighted by Gasteiger charge is -2.14. The average molecular weight is 191 g/mol. The first kappa shape index (κ1) is 16.5. The Morgan fingerprint density at radius 2 is 1.90 bits per heavy atom. The van der Waals surface area contributed by atoms with Crippen molar-refractivity contribution in [2.75, 3.05) is 6.54 Å². The van der Waals surface area contributed by atoms with E-state index in [9.17, 15) is 4.79 Å². The first-order chi connectivity index (χ1) is 3.50. The SMILES string of the molecule is C[C@](N)(CN)C(=O)O.Cl.Cl. The Morgan fingerprint density at radius 1 is 1.60 bits per heavy atom. The van der Waals surface area contributed by atoms with Crippen molar-refractivity contribution in [3.05, 3.63) is 0 Å². The summed E-state index contributed by atoms with van der Waals surface area (Å²) < 4.78 is 0. The average Bonchev–Trinajstić information content (AvgIpc) is 1.67. The predicted octanol–water partition coefficient (Wildman–Crippen LogP) is -0.409. The van der Waals surface area contributed by atoms with Gasteiger partial charge in [0.25, 0.3) is 0 Å².